The summed E-state index contributed by atoms with van der Waals surface area (Å²) in [5.74, 6) is 3.40. The highest BCUT2D eigenvalue weighted by Gasteiger charge is 2.39. The Morgan fingerprint density at radius 2 is 1.15 bits per heavy atom. The van der Waals surface area contributed by atoms with Crippen molar-refractivity contribution < 1.29 is 5.11 Å². The molecule has 0 fully saturated rings. The van der Waals surface area contributed by atoms with Gasteiger partial charge in [0.15, 0.2) is 0 Å². The van der Waals surface area contributed by atoms with Gasteiger partial charge in [-0.05, 0) is 33.1 Å². The summed E-state index contributed by atoms with van der Waals surface area (Å²) >= 11 is 0. The van der Waals surface area contributed by atoms with Gasteiger partial charge in [0.25, 0.3) is 0 Å². The molecular weight excluding hydrogens is 416 g/mol. The number of hydrogen-bond donors (Lipinski definition) is 1. The van der Waals surface area contributed by atoms with Gasteiger partial charge in [0.2, 0.25) is 8.07 Å². The van der Waals surface area contributed by atoms with Gasteiger partial charge in [-0.25, -0.2) is 0 Å². The summed E-state index contributed by atoms with van der Waals surface area (Å²) in [5, 5.41) is 14.7. The van der Waals surface area contributed by atoms with E-state index in [-0.39, 0.29) is 5.92 Å². The molecule has 0 bridgehead atoms. The van der Waals surface area contributed by atoms with E-state index in [9.17, 15) is 5.11 Å². The molecule has 0 heterocycles. The topological polar surface area (TPSA) is 20.2 Å². The molecule has 2 atom stereocenters. The first-order chi connectivity index (χ1) is 16.2. The Balaban J connectivity index is 1.64. The highest BCUT2D eigenvalue weighted by atomic mass is 28.3. The Bertz CT molecular complexity index is 1220. The quantitative estimate of drug-likeness (QED) is 0.286. The number of aliphatic hydroxyl groups excluding tert-OH is 1. The molecule has 2 unspecified atom stereocenters. The Morgan fingerprint density at radius 1 is 0.697 bits per heavy atom. The van der Waals surface area contributed by atoms with Crippen LogP contribution in [-0.4, -0.2) is 13.2 Å². The van der Waals surface area contributed by atoms with Gasteiger partial charge in [-0.1, -0.05) is 128 Å². The van der Waals surface area contributed by atoms with E-state index >= 15 is 0 Å². The summed E-state index contributed by atoms with van der Waals surface area (Å²) in [6.07, 6.45) is 0.228. The van der Waals surface area contributed by atoms with Crippen molar-refractivity contribution in [2.45, 2.75) is 12.5 Å². The Hall–Kier alpha value is -3.64. The van der Waals surface area contributed by atoms with Crippen molar-refractivity contribution in [3.63, 3.8) is 0 Å². The van der Waals surface area contributed by atoms with Gasteiger partial charge in [0.1, 0.15) is 0 Å². The van der Waals surface area contributed by atoms with Crippen molar-refractivity contribution in [1.82, 2.24) is 0 Å². The lowest BCUT2D eigenvalue weighted by molar-refractivity contribution is 0.143. The SMILES string of the molecule is C=C(C#C[Si](c1ccccc1)(c1ccccc1)c1ccccc1)C1Cc2ccccc2C1O. The zero-order valence-electron chi connectivity index (χ0n) is 18.5. The Morgan fingerprint density at radius 3 is 1.64 bits per heavy atom. The molecule has 1 N–H and O–H groups in total. The van der Waals surface area contributed by atoms with Crippen LogP contribution in [0.5, 0.6) is 0 Å². The van der Waals surface area contributed by atoms with E-state index in [4.69, 9.17) is 0 Å². The summed E-state index contributed by atoms with van der Waals surface area (Å²) < 4.78 is 0. The van der Waals surface area contributed by atoms with Crippen LogP contribution in [0.4, 0.5) is 0 Å². The zero-order chi connectivity index (χ0) is 22.7. The molecule has 160 valence electrons. The third-order valence-electron chi connectivity index (χ3n) is 6.67. The van der Waals surface area contributed by atoms with Gasteiger partial charge in [0.05, 0.1) is 6.10 Å². The van der Waals surface area contributed by atoms with Crippen molar-refractivity contribution in [3.05, 3.63) is 139 Å². The van der Waals surface area contributed by atoms with Crippen molar-refractivity contribution in [2.24, 2.45) is 5.92 Å². The lowest BCUT2D eigenvalue weighted by atomic mass is 9.96. The number of benzene rings is 4. The molecule has 0 aromatic heterocycles. The number of rotatable bonds is 4. The standard InChI is InChI=1S/C31H26OSi/c1-24(30-23-25-13-11-12-20-29(25)31(30)32)21-22-33(26-14-5-2-6-15-26,27-16-7-3-8-17-27)28-18-9-4-10-19-28/h2-20,30-32H,1,23H2. The van der Waals surface area contributed by atoms with E-state index in [1.54, 1.807) is 0 Å². The second-order valence-corrected chi connectivity index (χ2v) is 12.1. The third-order valence-corrected chi connectivity index (χ3v) is 10.8. The van der Waals surface area contributed by atoms with E-state index in [0.717, 1.165) is 17.6 Å². The molecule has 33 heavy (non-hydrogen) atoms. The van der Waals surface area contributed by atoms with Gasteiger partial charge < -0.3 is 5.11 Å². The number of fused-ring (bicyclic) bond motifs is 1. The van der Waals surface area contributed by atoms with Crippen molar-refractivity contribution in [2.75, 3.05) is 0 Å². The largest absolute Gasteiger partial charge is 0.388 e. The average molecular weight is 443 g/mol. The van der Waals surface area contributed by atoms with Gasteiger partial charge in [0, 0.05) is 11.5 Å². The monoisotopic (exact) mass is 442 g/mol. The normalized spacial score (nSPS) is 17.0. The predicted octanol–water partition coefficient (Wildman–Crippen LogP) is 4.16. The molecule has 0 spiro atoms. The van der Waals surface area contributed by atoms with Crippen molar-refractivity contribution >= 4 is 23.6 Å². The number of hydrogen-bond acceptors (Lipinski definition) is 1. The third kappa shape index (κ3) is 3.87. The second-order valence-electron chi connectivity index (χ2n) is 8.58. The summed E-state index contributed by atoms with van der Waals surface area (Å²) in [6.45, 7) is 4.34. The molecule has 0 aliphatic heterocycles. The zero-order valence-corrected chi connectivity index (χ0v) is 19.5. The van der Waals surface area contributed by atoms with E-state index in [1.165, 1.54) is 21.1 Å². The summed E-state index contributed by atoms with van der Waals surface area (Å²) in [7, 11) is -2.64. The summed E-state index contributed by atoms with van der Waals surface area (Å²) in [4.78, 5) is 0. The maximum atomic E-state index is 11.0. The first-order valence-corrected chi connectivity index (χ1v) is 13.3. The molecule has 5 rings (SSSR count). The molecule has 0 amide bonds. The molecule has 0 radical (unpaired) electrons. The molecule has 1 aliphatic carbocycles. The first-order valence-electron chi connectivity index (χ1n) is 11.3. The maximum absolute atomic E-state index is 11.0. The van der Waals surface area contributed by atoms with Crippen LogP contribution in [-0.2, 0) is 6.42 Å². The minimum Gasteiger partial charge on any atom is -0.388 e. The van der Waals surface area contributed by atoms with Crippen LogP contribution in [0.2, 0.25) is 0 Å². The van der Waals surface area contributed by atoms with Crippen LogP contribution in [0.1, 0.15) is 17.2 Å². The molecule has 0 saturated heterocycles. The van der Waals surface area contributed by atoms with Gasteiger partial charge in [-0.15, -0.1) is 5.54 Å². The summed E-state index contributed by atoms with van der Waals surface area (Å²) in [6, 6.07) is 40.0. The average Bonchev–Trinajstić information content (AvgIpc) is 3.23. The minimum absolute atomic E-state index is 0.0797. The summed E-state index contributed by atoms with van der Waals surface area (Å²) in [5.41, 5.74) is 6.78. The van der Waals surface area contributed by atoms with Crippen LogP contribution >= 0.6 is 0 Å². The molecule has 2 heteroatoms. The molecule has 4 aromatic carbocycles. The lowest BCUT2D eigenvalue weighted by Crippen LogP contribution is -2.66. The molecule has 1 aliphatic rings. The van der Waals surface area contributed by atoms with E-state index in [2.05, 4.69) is 115 Å². The van der Waals surface area contributed by atoms with Crippen molar-refractivity contribution in [3.8, 4) is 11.5 Å². The maximum Gasteiger partial charge on any atom is 0.230 e. The van der Waals surface area contributed by atoms with Crippen LogP contribution in [0, 0.1) is 17.4 Å². The van der Waals surface area contributed by atoms with Gasteiger partial charge >= 0.3 is 0 Å². The minimum atomic E-state index is -2.64. The Labute approximate surface area is 197 Å². The van der Waals surface area contributed by atoms with E-state index in [0.29, 0.717) is 0 Å². The van der Waals surface area contributed by atoms with Gasteiger partial charge in [-0.3, -0.25) is 0 Å². The fraction of sp³-hybridized carbons (Fsp3) is 0.0968. The van der Waals surface area contributed by atoms with Crippen molar-refractivity contribution in [1.29, 1.82) is 0 Å². The number of aliphatic hydroxyl groups is 1. The second kappa shape index (κ2) is 9.08. The van der Waals surface area contributed by atoms with E-state index < -0.39 is 14.2 Å². The molecule has 1 nitrogen and oxygen atoms in total. The molecular formula is C31H26OSi. The smallest absolute Gasteiger partial charge is 0.230 e. The van der Waals surface area contributed by atoms with Crippen LogP contribution < -0.4 is 15.6 Å². The molecule has 4 aromatic rings. The van der Waals surface area contributed by atoms with Crippen LogP contribution in [0.15, 0.2) is 127 Å². The highest BCUT2D eigenvalue weighted by molar-refractivity contribution is 7.16. The van der Waals surface area contributed by atoms with Crippen LogP contribution in [0.25, 0.3) is 0 Å². The fourth-order valence-electron chi connectivity index (χ4n) is 4.94. The molecule has 0 saturated carbocycles. The van der Waals surface area contributed by atoms with Crippen LogP contribution in [0.3, 0.4) is 0 Å². The van der Waals surface area contributed by atoms with Gasteiger partial charge in [-0.2, -0.15) is 0 Å². The van der Waals surface area contributed by atoms with E-state index in [1.807, 2.05) is 18.2 Å². The lowest BCUT2D eigenvalue weighted by Gasteiger charge is -2.28. The Kier molecular flexibility index (Phi) is 5.83. The highest BCUT2D eigenvalue weighted by Crippen LogP contribution is 2.39. The fourth-order valence-corrected chi connectivity index (χ4v) is 8.79. The predicted molar refractivity (Wildman–Crippen MR) is 139 cm³/mol. The first kappa shape index (κ1) is 21.2.